The number of amides is 2. The third kappa shape index (κ3) is 8.01. The number of cyclic esters (lactones) is 1. The SMILES string of the molecule is CC(C)NCCC(=O)Nc1cc(COC(=O)NCc2c3c(nc4cc5c(cc24)OCO5)-c2cc4c(c(=O)n2C3)COC(=O)[C@H]4O)ccc1O[C@@H]1OC(C(=O)O)[C@@H](O)C(O)C1O. The number of aromatic nitrogens is 2. The molecule has 4 aliphatic rings. The lowest BCUT2D eigenvalue weighted by Crippen LogP contribution is -2.61. The van der Waals surface area contributed by atoms with Crippen molar-refractivity contribution in [2.45, 2.75) is 89.4 Å². The molecule has 21 heteroatoms. The van der Waals surface area contributed by atoms with Crippen molar-refractivity contribution in [1.82, 2.24) is 20.2 Å². The second kappa shape index (κ2) is 16.6. The second-order valence-corrected chi connectivity index (χ2v) is 15.0. The molecule has 3 unspecified atom stereocenters. The third-order valence-corrected chi connectivity index (χ3v) is 10.6. The first-order valence-corrected chi connectivity index (χ1v) is 19.2. The Hall–Kier alpha value is -6.36. The highest BCUT2D eigenvalue weighted by atomic mass is 16.7. The molecule has 21 nitrogen and oxygen atoms in total. The lowest BCUT2D eigenvalue weighted by atomic mass is 9.98. The number of benzene rings is 2. The van der Waals surface area contributed by atoms with E-state index in [1.54, 1.807) is 18.2 Å². The number of rotatable bonds is 12. The van der Waals surface area contributed by atoms with E-state index < -0.39 is 66.3 Å². The van der Waals surface area contributed by atoms with E-state index in [1.165, 1.54) is 22.8 Å². The van der Waals surface area contributed by atoms with Gasteiger partial charge in [-0.05, 0) is 35.4 Å². The maximum Gasteiger partial charge on any atom is 0.407 e. The van der Waals surface area contributed by atoms with Crippen molar-refractivity contribution in [3.05, 3.63) is 74.6 Å². The van der Waals surface area contributed by atoms with Crippen molar-refractivity contribution in [2.24, 2.45) is 0 Å². The van der Waals surface area contributed by atoms with Crippen molar-refractivity contribution >= 4 is 40.5 Å². The van der Waals surface area contributed by atoms with E-state index in [2.05, 4.69) is 16.0 Å². The fraction of sp³-hybridized carbons (Fsp3) is 0.400. The number of hydrogen-bond donors (Lipinski definition) is 8. The summed E-state index contributed by atoms with van der Waals surface area (Å²) in [6, 6.07) is 9.32. The van der Waals surface area contributed by atoms with Crippen LogP contribution in [-0.2, 0) is 54.9 Å². The number of carbonyl (C=O) groups is 4. The van der Waals surface area contributed by atoms with E-state index >= 15 is 0 Å². The van der Waals surface area contributed by atoms with Gasteiger partial charge >= 0.3 is 18.0 Å². The van der Waals surface area contributed by atoms with E-state index in [9.17, 15) is 49.5 Å². The molecule has 1 saturated heterocycles. The minimum absolute atomic E-state index is 0.00771. The van der Waals surface area contributed by atoms with Gasteiger partial charge < -0.3 is 74.5 Å². The molecule has 0 aliphatic carbocycles. The van der Waals surface area contributed by atoms with E-state index in [-0.39, 0.29) is 68.1 Å². The number of hydrogen-bond acceptors (Lipinski definition) is 17. The molecule has 8 rings (SSSR count). The lowest BCUT2D eigenvalue weighted by Gasteiger charge is -2.38. The molecule has 2 aromatic heterocycles. The molecule has 6 atom stereocenters. The van der Waals surface area contributed by atoms with Gasteiger partial charge in [-0.2, -0.15) is 0 Å². The number of pyridine rings is 2. The van der Waals surface area contributed by atoms with Gasteiger partial charge in [0.25, 0.3) is 5.56 Å². The number of aliphatic carboxylic acids is 1. The van der Waals surface area contributed by atoms with Crippen molar-refractivity contribution in [3.63, 3.8) is 0 Å². The van der Waals surface area contributed by atoms with Crippen molar-refractivity contribution in [2.75, 3.05) is 18.7 Å². The van der Waals surface area contributed by atoms with Crippen molar-refractivity contribution in [1.29, 1.82) is 0 Å². The van der Waals surface area contributed by atoms with Gasteiger partial charge in [0, 0.05) is 48.1 Å². The number of aliphatic hydroxyl groups excluding tert-OH is 4. The van der Waals surface area contributed by atoms with Crippen LogP contribution in [0.15, 0.2) is 41.2 Å². The van der Waals surface area contributed by atoms with Crippen molar-refractivity contribution in [3.8, 4) is 28.6 Å². The van der Waals surface area contributed by atoms with Crippen LogP contribution in [0.2, 0.25) is 0 Å². The van der Waals surface area contributed by atoms with Gasteiger partial charge in [-0.3, -0.25) is 9.59 Å². The number of ether oxygens (including phenoxy) is 6. The van der Waals surface area contributed by atoms with Gasteiger partial charge in [0.05, 0.1) is 34.7 Å². The van der Waals surface area contributed by atoms with Crippen LogP contribution in [0.4, 0.5) is 10.5 Å². The number of carboxylic acid groups (broad SMARTS) is 1. The average Bonchev–Trinajstić information content (AvgIpc) is 3.84. The zero-order valence-electron chi connectivity index (χ0n) is 32.6. The van der Waals surface area contributed by atoms with Crippen LogP contribution in [0.25, 0.3) is 22.3 Å². The van der Waals surface area contributed by atoms with E-state index in [0.29, 0.717) is 57.0 Å². The monoisotopic (exact) mass is 847 g/mol. The first-order valence-electron chi connectivity index (χ1n) is 19.2. The number of anilines is 1. The van der Waals surface area contributed by atoms with E-state index in [1.807, 2.05) is 13.8 Å². The summed E-state index contributed by atoms with van der Waals surface area (Å²) in [5.41, 5.74) is 2.62. The standard InChI is InChI=1S/C40H41N5O16/c1-16(2)41-6-5-29(46)43-24-7-17(3-4-26(24)60-39-34(50)32(48)33(49)35(61-39)37(52)53)13-57-40(55)42-11-20-18-9-27-28(59-15-58-27)10-23(18)44-30-21(20)12-45-25(30)8-19-22(36(45)51)14-56-38(54)31(19)47/h3-4,7-10,16,31-35,39,41,47-50H,5-6,11-15H2,1-2H3,(H,42,55)(H,43,46)(H,52,53)/t31-,32?,33-,34?,35?,39+/m0/s1. The van der Waals surface area contributed by atoms with Crippen LogP contribution in [0, 0.1) is 0 Å². The second-order valence-electron chi connectivity index (χ2n) is 15.0. The summed E-state index contributed by atoms with van der Waals surface area (Å²) >= 11 is 0. The fourth-order valence-electron chi connectivity index (χ4n) is 7.49. The van der Waals surface area contributed by atoms with Crippen LogP contribution in [0.1, 0.15) is 54.2 Å². The normalized spacial score (nSPS) is 22.2. The van der Waals surface area contributed by atoms with Gasteiger partial charge in [-0.25, -0.2) is 19.4 Å². The Labute approximate surface area is 344 Å². The van der Waals surface area contributed by atoms with Crippen molar-refractivity contribution < 1.29 is 73.1 Å². The summed E-state index contributed by atoms with van der Waals surface area (Å²) in [5, 5.41) is 60.1. The highest BCUT2D eigenvalue weighted by Gasteiger charge is 2.48. The summed E-state index contributed by atoms with van der Waals surface area (Å²) in [6.45, 7) is 3.49. The number of carboxylic acids is 1. The zero-order chi connectivity index (χ0) is 43.3. The molecule has 0 radical (unpaired) electrons. The van der Waals surface area contributed by atoms with Crippen LogP contribution in [0.3, 0.4) is 0 Å². The summed E-state index contributed by atoms with van der Waals surface area (Å²) < 4.78 is 34.2. The molecule has 0 spiro atoms. The molecule has 6 heterocycles. The fourth-order valence-corrected chi connectivity index (χ4v) is 7.49. The molecule has 61 heavy (non-hydrogen) atoms. The first kappa shape index (κ1) is 41.4. The van der Waals surface area contributed by atoms with Gasteiger partial charge in [0.2, 0.25) is 19.0 Å². The molecule has 0 bridgehead atoms. The van der Waals surface area contributed by atoms with E-state index in [0.717, 1.165) is 0 Å². The highest BCUT2D eigenvalue weighted by Crippen LogP contribution is 2.42. The summed E-state index contributed by atoms with van der Waals surface area (Å²) in [6.07, 6.45) is -11.9. The molecular formula is C40H41N5O16. The first-order chi connectivity index (χ1) is 29.2. The number of carbonyl (C=O) groups excluding carboxylic acids is 3. The molecule has 1 fully saturated rings. The maximum atomic E-state index is 13.6. The van der Waals surface area contributed by atoms with Gasteiger partial charge in [-0.1, -0.05) is 19.9 Å². The largest absolute Gasteiger partial charge is 0.479 e. The topological polar surface area (TPSA) is 296 Å². The Morgan fingerprint density at radius 2 is 1.74 bits per heavy atom. The van der Waals surface area contributed by atoms with Gasteiger partial charge in [0.1, 0.15) is 37.3 Å². The molecule has 8 N–H and O–H groups in total. The van der Waals surface area contributed by atoms with E-state index in [4.69, 9.17) is 33.4 Å². The summed E-state index contributed by atoms with van der Waals surface area (Å²) in [4.78, 5) is 68.6. The number of esters is 1. The summed E-state index contributed by atoms with van der Waals surface area (Å²) in [7, 11) is 0. The Balaban J connectivity index is 1.02. The molecule has 0 saturated carbocycles. The molecule has 2 amide bonds. The van der Waals surface area contributed by atoms with Crippen LogP contribution < -0.4 is 35.7 Å². The molecule has 4 aromatic rings. The quantitative estimate of drug-likeness (QED) is 0.0782. The molecular weight excluding hydrogens is 806 g/mol. The van der Waals surface area contributed by atoms with Crippen LogP contribution in [-0.4, -0.2) is 109 Å². The summed E-state index contributed by atoms with van der Waals surface area (Å²) in [5.74, 6) is -2.12. The Kier molecular flexibility index (Phi) is 11.3. The third-order valence-electron chi connectivity index (χ3n) is 10.6. The van der Waals surface area contributed by atoms with Crippen LogP contribution >= 0.6 is 0 Å². The predicted molar refractivity (Wildman–Crippen MR) is 206 cm³/mol. The number of alkyl carbamates (subject to hydrolysis) is 1. The minimum Gasteiger partial charge on any atom is -0.479 e. The highest BCUT2D eigenvalue weighted by molar-refractivity contribution is 5.93. The molecule has 322 valence electrons. The molecule has 2 aromatic carbocycles. The smallest absolute Gasteiger partial charge is 0.407 e. The van der Waals surface area contributed by atoms with Gasteiger partial charge in [-0.15, -0.1) is 0 Å². The average molecular weight is 848 g/mol. The Bertz CT molecular complexity index is 2510. The lowest BCUT2D eigenvalue weighted by molar-refractivity contribution is -0.271. The van der Waals surface area contributed by atoms with Crippen LogP contribution in [0.5, 0.6) is 17.2 Å². The van der Waals surface area contributed by atoms with Gasteiger partial charge in [0.15, 0.2) is 23.7 Å². The number of aliphatic hydroxyl groups is 4. The Morgan fingerprint density at radius 3 is 2.49 bits per heavy atom. The zero-order valence-corrected chi connectivity index (χ0v) is 32.6. The number of fused-ring (bicyclic) bond motifs is 6. The number of nitrogens with one attached hydrogen (secondary N) is 3. The minimum atomic E-state index is -1.95. The number of nitrogens with zero attached hydrogens (tertiary/aromatic N) is 2. The Morgan fingerprint density at radius 1 is 0.967 bits per heavy atom. The maximum absolute atomic E-state index is 13.6. The molecule has 4 aliphatic heterocycles. The predicted octanol–water partition coefficient (Wildman–Crippen LogP) is 0.268.